The first-order valence-corrected chi connectivity index (χ1v) is 10.3. The second-order valence-electron chi connectivity index (χ2n) is 7.20. The zero-order chi connectivity index (χ0) is 22.2. The van der Waals surface area contributed by atoms with E-state index in [2.05, 4.69) is 5.32 Å². The normalized spacial score (nSPS) is 12.5. The van der Waals surface area contributed by atoms with Gasteiger partial charge in [-0.05, 0) is 48.7 Å². The third kappa shape index (κ3) is 5.78. The molecule has 1 aliphatic heterocycles. The Morgan fingerprint density at radius 1 is 1.19 bits per heavy atom. The van der Waals surface area contributed by atoms with Crippen LogP contribution in [0.15, 0.2) is 42.5 Å². The molecule has 0 bridgehead atoms. The third-order valence-electron chi connectivity index (χ3n) is 4.83. The lowest BCUT2D eigenvalue weighted by Crippen LogP contribution is -2.37. The highest BCUT2D eigenvalue weighted by Gasteiger charge is 2.19. The fraction of sp³-hybridized carbons (Fsp3) is 0.333. The van der Waals surface area contributed by atoms with Gasteiger partial charge in [0.2, 0.25) is 17.6 Å². The van der Waals surface area contributed by atoms with Gasteiger partial charge in [-0.2, -0.15) is 0 Å². The van der Waals surface area contributed by atoms with Crippen molar-refractivity contribution in [2.75, 3.05) is 38.7 Å². The van der Waals surface area contributed by atoms with Gasteiger partial charge < -0.3 is 24.4 Å². The van der Waals surface area contributed by atoms with Gasteiger partial charge in [0.1, 0.15) is 19.8 Å². The topological polar surface area (TPSA) is 77.1 Å². The Balaban J connectivity index is 1.69. The smallest absolute Gasteiger partial charge is 0.247 e. The molecule has 0 aromatic heterocycles. The maximum Gasteiger partial charge on any atom is 0.247 e. The minimum absolute atomic E-state index is 0.0180. The van der Waals surface area contributed by atoms with Crippen molar-refractivity contribution in [3.05, 3.63) is 53.6 Å². The summed E-state index contributed by atoms with van der Waals surface area (Å²) in [6.07, 6.45) is 3.89. The van der Waals surface area contributed by atoms with Crippen LogP contribution in [0.1, 0.15) is 24.5 Å². The summed E-state index contributed by atoms with van der Waals surface area (Å²) in [4.78, 5) is 26.8. The second kappa shape index (κ2) is 10.5. The summed E-state index contributed by atoms with van der Waals surface area (Å²) in [7, 11) is 1.56. The number of rotatable bonds is 8. The number of carbonyl (C=O) groups is 2. The molecule has 0 saturated heterocycles. The van der Waals surface area contributed by atoms with Crippen LogP contribution >= 0.6 is 0 Å². The molecule has 3 rings (SSSR count). The molecule has 1 aliphatic rings. The summed E-state index contributed by atoms with van der Waals surface area (Å²) < 4.78 is 16.6. The molecular weight excluding hydrogens is 396 g/mol. The van der Waals surface area contributed by atoms with Crippen molar-refractivity contribution in [3.8, 4) is 17.2 Å². The van der Waals surface area contributed by atoms with Crippen molar-refractivity contribution in [1.29, 1.82) is 0 Å². The van der Waals surface area contributed by atoms with E-state index in [9.17, 15) is 9.59 Å². The Hall–Kier alpha value is -3.48. The van der Waals surface area contributed by atoms with E-state index in [0.29, 0.717) is 37.0 Å². The monoisotopic (exact) mass is 424 g/mol. The summed E-state index contributed by atoms with van der Waals surface area (Å²) in [5.41, 5.74) is 2.46. The van der Waals surface area contributed by atoms with Gasteiger partial charge in [-0.25, -0.2) is 0 Å². The molecule has 31 heavy (non-hydrogen) atoms. The van der Waals surface area contributed by atoms with Gasteiger partial charge in [0.25, 0.3) is 0 Å². The number of nitrogens with one attached hydrogen (secondary N) is 1. The number of hydrogen-bond acceptors (Lipinski definition) is 5. The van der Waals surface area contributed by atoms with E-state index in [-0.39, 0.29) is 18.4 Å². The van der Waals surface area contributed by atoms with E-state index in [1.165, 1.54) is 11.0 Å². The molecule has 0 fully saturated rings. The fourth-order valence-electron chi connectivity index (χ4n) is 3.28. The molecule has 7 heteroatoms. The number of nitrogens with zero attached hydrogens (tertiary/aromatic N) is 1. The van der Waals surface area contributed by atoms with Gasteiger partial charge in [0, 0.05) is 18.3 Å². The predicted molar refractivity (Wildman–Crippen MR) is 120 cm³/mol. The van der Waals surface area contributed by atoms with Crippen molar-refractivity contribution < 1.29 is 23.8 Å². The van der Waals surface area contributed by atoms with E-state index in [0.717, 1.165) is 23.2 Å². The Labute approximate surface area is 182 Å². The molecular formula is C24H28N2O5. The minimum atomic E-state index is -0.240. The van der Waals surface area contributed by atoms with Gasteiger partial charge >= 0.3 is 0 Å². The largest absolute Gasteiger partial charge is 0.493 e. The van der Waals surface area contributed by atoms with Gasteiger partial charge in [0.15, 0.2) is 11.5 Å². The predicted octanol–water partition coefficient (Wildman–Crippen LogP) is 3.67. The van der Waals surface area contributed by atoms with E-state index in [4.69, 9.17) is 14.2 Å². The molecule has 0 aliphatic carbocycles. The fourth-order valence-corrected chi connectivity index (χ4v) is 3.28. The van der Waals surface area contributed by atoms with Crippen molar-refractivity contribution >= 4 is 23.6 Å². The van der Waals surface area contributed by atoms with Crippen LogP contribution in [0.2, 0.25) is 0 Å². The SMILES string of the molecule is CCCN(CC(=O)Nc1ccccc1C)C(=O)/C=C/c1cc(OC)c2c(c1)OCCO2. The second-order valence-corrected chi connectivity index (χ2v) is 7.20. The summed E-state index contributed by atoms with van der Waals surface area (Å²) in [6.45, 7) is 5.28. The molecule has 1 N–H and O–H groups in total. The highest BCUT2D eigenvalue weighted by molar-refractivity contribution is 5.98. The quantitative estimate of drug-likeness (QED) is 0.655. The first kappa shape index (κ1) is 22.2. The molecule has 2 aromatic carbocycles. The van der Waals surface area contributed by atoms with Crippen molar-refractivity contribution in [2.24, 2.45) is 0 Å². The standard InChI is InChI=1S/C24H28N2O5/c1-4-11-26(16-22(27)25-19-8-6-5-7-17(19)2)23(28)10-9-18-14-20(29-3)24-21(15-18)30-12-13-31-24/h5-10,14-15H,4,11-13,16H2,1-3H3,(H,25,27)/b10-9+. The molecule has 2 amide bonds. The number of anilines is 1. The molecule has 0 atom stereocenters. The zero-order valence-electron chi connectivity index (χ0n) is 18.1. The molecule has 164 valence electrons. The number of amides is 2. The summed E-state index contributed by atoms with van der Waals surface area (Å²) in [5, 5.41) is 2.87. The Morgan fingerprint density at radius 3 is 2.71 bits per heavy atom. The third-order valence-corrected chi connectivity index (χ3v) is 4.83. The van der Waals surface area contributed by atoms with E-state index < -0.39 is 0 Å². The number of fused-ring (bicyclic) bond motifs is 1. The van der Waals surface area contributed by atoms with Crippen LogP contribution in [0.25, 0.3) is 6.08 Å². The van der Waals surface area contributed by atoms with Crippen molar-refractivity contribution in [2.45, 2.75) is 20.3 Å². The number of hydrogen-bond donors (Lipinski definition) is 1. The number of ether oxygens (including phenoxy) is 3. The van der Waals surface area contributed by atoms with E-state index >= 15 is 0 Å². The lowest BCUT2D eigenvalue weighted by molar-refractivity contribution is -0.130. The number of methoxy groups -OCH3 is 1. The van der Waals surface area contributed by atoms with Gasteiger partial charge in [-0.15, -0.1) is 0 Å². The maximum atomic E-state index is 12.8. The van der Waals surface area contributed by atoms with Crippen LogP contribution in [-0.4, -0.2) is 50.1 Å². The van der Waals surface area contributed by atoms with Crippen LogP contribution in [0.5, 0.6) is 17.2 Å². The molecule has 1 heterocycles. The Bertz CT molecular complexity index is 953. The molecule has 2 aromatic rings. The van der Waals surface area contributed by atoms with Gasteiger partial charge in [-0.3, -0.25) is 9.59 Å². The van der Waals surface area contributed by atoms with Crippen molar-refractivity contribution in [1.82, 2.24) is 4.90 Å². The van der Waals surface area contributed by atoms with Crippen LogP contribution in [0.3, 0.4) is 0 Å². The molecule has 0 radical (unpaired) electrons. The van der Waals surface area contributed by atoms with Crippen LogP contribution in [0.4, 0.5) is 5.69 Å². The lowest BCUT2D eigenvalue weighted by atomic mass is 10.1. The molecule has 7 nitrogen and oxygen atoms in total. The van der Waals surface area contributed by atoms with Gasteiger partial charge in [-0.1, -0.05) is 25.1 Å². The van der Waals surface area contributed by atoms with Gasteiger partial charge in [0.05, 0.1) is 7.11 Å². The number of benzene rings is 2. The molecule has 0 spiro atoms. The Morgan fingerprint density at radius 2 is 1.97 bits per heavy atom. The van der Waals surface area contributed by atoms with Crippen LogP contribution < -0.4 is 19.5 Å². The van der Waals surface area contributed by atoms with Crippen molar-refractivity contribution in [3.63, 3.8) is 0 Å². The number of carbonyl (C=O) groups excluding carboxylic acids is 2. The summed E-state index contributed by atoms with van der Waals surface area (Å²) in [5.74, 6) is 1.23. The van der Waals surface area contributed by atoms with Crippen LogP contribution in [0, 0.1) is 6.92 Å². The zero-order valence-corrected chi connectivity index (χ0v) is 18.1. The summed E-state index contributed by atoms with van der Waals surface area (Å²) >= 11 is 0. The number of aryl methyl sites for hydroxylation is 1. The average molecular weight is 424 g/mol. The Kier molecular flexibility index (Phi) is 7.54. The highest BCUT2D eigenvalue weighted by Crippen LogP contribution is 2.40. The van der Waals surface area contributed by atoms with Crippen LogP contribution in [-0.2, 0) is 9.59 Å². The number of para-hydroxylation sites is 1. The summed E-state index contributed by atoms with van der Waals surface area (Å²) in [6, 6.07) is 11.1. The first-order valence-electron chi connectivity index (χ1n) is 10.3. The lowest BCUT2D eigenvalue weighted by Gasteiger charge is -2.21. The first-order chi connectivity index (χ1) is 15.0. The molecule has 0 saturated carbocycles. The molecule has 0 unspecified atom stereocenters. The highest BCUT2D eigenvalue weighted by atomic mass is 16.6. The van der Waals surface area contributed by atoms with E-state index in [1.807, 2.05) is 38.1 Å². The average Bonchev–Trinajstić information content (AvgIpc) is 2.78. The maximum absolute atomic E-state index is 12.8. The minimum Gasteiger partial charge on any atom is -0.493 e. The van der Waals surface area contributed by atoms with E-state index in [1.54, 1.807) is 25.3 Å².